The third-order valence-corrected chi connectivity index (χ3v) is 5.55. The quantitative estimate of drug-likeness (QED) is 0.668. The molecule has 1 saturated carbocycles. The maximum absolute atomic E-state index is 13.3. The summed E-state index contributed by atoms with van der Waals surface area (Å²) in [6.45, 7) is 3.50. The number of para-hydroxylation sites is 1. The Balaban J connectivity index is 1.57. The number of Topliss-reactive ketones (excluding diaryl/α,β-unsaturated/α-hetero) is 1. The summed E-state index contributed by atoms with van der Waals surface area (Å²) in [6, 6.07) is 14.7. The molecule has 1 heterocycles. The minimum atomic E-state index is -1.00. The Hall–Kier alpha value is -2.95. The lowest BCUT2D eigenvalue weighted by Crippen LogP contribution is -2.45. The lowest BCUT2D eigenvalue weighted by atomic mass is 10.0. The highest BCUT2D eigenvalue weighted by atomic mass is 16.2. The molecule has 2 amide bonds. The minimum absolute atomic E-state index is 0.0428. The van der Waals surface area contributed by atoms with Gasteiger partial charge in [0.1, 0.15) is 5.41 Å². The molecule has 0 saturated heterocycles. The molecule has 2 aliphatic rings. The number of amides is 2. The number of carbonyl (C=O) groups excluding carboxylic acids is 3. The van der Waals surface area contributed by atoms with Gasteiger partial charge < -0.3 is 10.2 Å². The standard InChI is InChI=1S/C22H22N2O3/c1-14-12-17-6-3-4-9-19(17)24(14)21(27)22(10-11-22)20(26)23-18-8-5-7-16(13-18)15(2)25/h3-9,13-14H,10-12H2,1-2H3,(H,23,26). The van der Waals surface area contributed by atoms with E-state index in [0.29, 0.717) is 24.1 Å². The van der Waals surface area contributed by atoms with Gasteiger partial charge in [-0.2, -0.15) is 0 Å². The lowest BCUT2D eigenvalue weighted by molar-refractivity contribution is -0.132. The average Bonchev–Trinajstić information content (AvgIpc) is 3.39. The van der Waals surface area contributed by atoms with Gasteiger partial charge in [0.05, 0.1) is 0 Å². The summed E-state index contributed by atoms with van der Waals surface area (Å²) in [7, 11) is 0. The molecular weight excluding hydrogens is 340 g/mol. The number of hydrogen-bond acceptors (Lipinski definition) is 3. The first-order chi connectivity index (χ1) is 12.9. The molecule has 0 aromatic heterocycles. The predicted octanol–water partition coefficient (Wildman–Crippen LogP) is 3.59. The van der Waals surface area contributed by atoms with E-state index in [2.05, 4.69) is 5.32 Å². The van der Waals surface area contributed by atoms with Gasteiger partial charge in [-0.25, -0.2) is 0 Å². The molecule has 0 spiro atoms. The summed E-state index contributed by atoms with van der Waals surface area (Å²) in [5, 5.41) is 2.84. The molecule has 1 unspecified atom stereocenters. The summed E-state index contributed by atoms with van der Waals surface area (Å²) in [5.74, 6) is -0.476. The monoisotopic (exact) mass is 362 g/mol. The highest BCUT2D eigenvalue weighted by Crippen LogP contribution is 2.50. The SMILES string of the molecule is CC(=O)c1cccc(NC(=O)C2(C(=O)N3c4ccccc4CC3C)CC2)c1. The highest BCUT2D eigenvalue weighted by Gasteiger charge is 2.59. The summed E-state index contributed by atoms with van der Waals surface area (Å²) >= 11 is 0. The van der Waals surface area contributed by atoms with Gasteiger partial charge >= 0.3 is 0 Å². The summed E-state index contributed by atoms with van der Waals surface area (Å²) in [6.07, 6.45) is 1.91. The van der Waals surface area contributed by atoms with Gasteiger partial charge in [-0.3, -0.25) is 14.4 Å². The maximum atomic E-state index is 13.3. The molecular formula is C22H22N2O3. The zero-order valence-electron chi connectivity index (χ0n) is 15.5. The van der Waals surface area contributed by atoms with Crippen molar-refractivity contribution in [1.29, 1.82) is 0 Å². The molecule has 4 rings (SSSR count). The number of nitrogens with one attached hydrogen (secondary N) is 1. The van der Waals surface area contributed by atoms with Gasteiger partial charge in [0.25, 0.3) is 0 Å². The van der Waals surface area contributed by atoms with Crippen molar-refractivity contribution in [3.63, 3.8) is 0 Å². The van der Waals surface area contributed by atoms with Crippen LogP contribution in [-0.2, 0) is 16.0 Å². The van der Waals surface area contributed by atoms with Crippen LogP contribution >= 0.6 is 0 Å². The van der Waals surface area contributed by atoms with Crippen LogP contribution in [0.3, 0.4) is 0 Å². The molecule has 2 aromatic rings. The van der Waals surface area contributed by atoms with Crippen LogP contribution in [0.1, 0.15) is 42.6 Å². The van der Waals surface area contributed by atoms with Gasteiger partial charge in [0.2, 0.25) is 11.8 Å². The lowest BCUT2D eigenvalue weighted by Gasteiger charge is -2.27. The van der Waals surface area contributed by atoms with E-state index in [1.165, 1.54) is 6.92 Å². The molecule has 0 radical (unpaired) electrons. The molecule has 1 atom stereocenters. The van der Waals surface area contributed by atoms with E-state index in [1.54, 1.807) is 29.2 Å². The van der Waals surface area contributed by atoms with E-state index in [1.807, 2.05) is 31.2 Å². The van der Waals surface area contributed by atoms with Gasteiger partial charge in [-0.1, -0.05) is 30.3 Å². The summed E-state index contributed by atoms with van der Waals surface area (Å²) in [5.41, 5.74) is 2.13. The minimum Gasteiger partial charge on any atom is -0.325 e. The summed E-state index contributed by atoms with van der Waals surface area (Å²) < 4.78 is 0. The average molecular weight is 362 g/mol. The van der Waals surface area contributed by atoms with Crippen molar-refractivity contribution >= 4 is 29.0 Å². The van der Waals surface area contributed by atoms with Crippen LogP contribution in [0.4, 0.5) is 11.4 Å². The molecule has 1 aliphatic carbocycles. The Morgan fingerprint density at radius 2 is 1.81 bits per heavy atom. The second kappa shape index (κ2) is 6.34. The first-order valence-corrected chi connectivity index (χ1v) is 9.26. The second-order valence-electron chi connectivity index (χ2n) is 7.53. The van der Waals surface area contributed by atoms with Gasteiger partial charge in [0, 0.05) is 23.0 Å². The third kappa shape index (κ3) is 2.93. The largest absolute Gasteiger partial charge is 0.325 e. The maximum Gasteiger partial charge on any atom is 0.242 e. The topological polar surface area (TPSA) is 66.5 Å². The van der Waals surface area contributed by atoms with Gasteiger partial charge in [-0.05, 0) is 56.9 Å². The van der Waals surface area contributed by atoms with Crippen LogP contribution < -0.4 is 10.2 Å². The van der Waals surface area contributed by atoms with E-state index < -0.39 is 5.41 Å². The molecule has 1 fully saturated rings. The number of ketones is 1. The van der Waals surface area contributed by atoms with Crippen molar-refractivity contribution in [3.05, 3.63) is 59.7 Å². The van der Waals surface area contributed by atoms with Crippen molar-refractivity contribution < 1.29 is 14.4 Å². The predicted molar refractivity (Wildman–Crippen MR) is 104 cm³/mol. The van der Waals surface area contributed by atoms with Crippen LogP contribution in [0.5, 0.6) is 0 Å². The Morgan fingerprint density at radius 3 is 2.52 bits per heavy atom. The molecule has 138 valence electrons. The highest BCUT2D eigenvalue weighted by molar-refractivity contribution is 6.18. The first kappa shape index (κ1) is 17.5. The van der Waals surface area contributed by atoms with E-state index >= 15 is 0 Å². The Morgan fingerprint density at radius 1 is 1.07 bits per heavy atom. The van der Waals surface area contributed by atoms with E-state index in [-0.39, 0.29) is 23.6 Å². The van der Waals surface area contributed by atoms with Crippen molar-refractivity contribution in [3.8, 4) is 0 Å². The number of hydrogen-bond donors (Lipinski definition) is 1. The van der Waals surface area contributed by atoms with Crippen molar-refractivity contribution in [2.75, 3.05) is 10.2 Å². The van der Waals surface area contributed by atoms with Gasteiger partial charge in [0.15, 0.2) is 5.78 Å². The molecule has 2 aromatic carbocycles. The number of fused-ring (bicyclic) bond motifs is 1. The number of anilines is 2. The molecule has 27 heavy (non-hydrogen) atoms. The van der Waals surface area contributed by atoms with Crippen molar-refractivity contribution in [2.45, 2.75) is 39.2 Å². The first-order valence-electron chi connectivity index (χ1n) is 9.26. The van der Waals surface area contributed by atoms with Crippen LogP contribution in [0, 0.1) is 5.41 Å². The smallest absolute Gasteiger partial charge is 0.242 e. The third-order valence-electron chi connectivity index (χ3n) is 5.55. The fourth-order valence-corrected chi connectivity index (χ4v) is 3.84. The van der Waals surface area contributed by atoms with E-state index in [9.17, 15) is 14.4 Å². The van der Waals surface area contributed by atoms with Crippen LogP contribution in [0.15, 0.2) is 48.5 Å². The summed E-state index contributed by atoms with van der Waals surface area (Å²) in [4.78, 5) is 39.6. The number of nitrogens with zero attached hydrogens (tertiary/aromatic N) is 1. The normalized spacial score (nSPS) is 19.3. The molecule has 5 heteroatoms. The number of benzene rings is 2. The van der Waals surface area contributed by atoms with Crippen LogP contribution in [0.2, 0.25) is 0 Å². The van der Waals surface area contributed by atoms with Gasteiger partial charge in [-0.15, -0.1) is 0 Å². The zero-order chi connectivity index (χ0) is 19.2. The molecule has 1 N–H and O–H groups in total. The molecule has 0 bridgehead atoms. The number of rotatable bonds is 4. The van der Waals surface area contributed by atoms with Crippen LogP contribution in [-0.4, -0.2) is 23.6 Å². The second-order valence-corrected chi connectivity index (χ2v) is 7.53. The van der Waals surface area contributed by atoms with E-state index in [4.69, 9.17) is 0 Å². The van der Waals surface area contributed by atoms with Crippen molar-refractivity contribution in [2.24, 2.45) is 5.41 Å². The molecule has 5 nitrogen and oxygen atoms in total. The Bertz CT molecular complexity index is 946. The molecule has 1 aliphatic heterocycles. The Kier molecular flexibility index (Phi) is 4.10. The zero-order valence-corrected chi connectivity index (χ0v) is 15.5. The fraction of sp³-hybridized carbons (Fsp3) is 0.318. The van der Waals surface area contributed by atoms with E-state index in [0.717, 1.165) is 17.7 Å². The Labute approximate surface area is 158 Å². The fourth-order valence-electron chi connectivity index (χ4n) is 3.84. The number of carbonyl (C=O) groups is 3. The van der Waals surface area contributed by atoms with Crippen molar-refractivity contribution in [1.82, 2.24) is 0 Å². The van der Waals surface area contributed by atoms with Crippen LogP contribution in [0.25, 0.3) is 0 Å².